The van der Waals surface area contributed by atoms with Crippen molar-refractivity contribution >= 4 is 34.8 Å². The van der Waals surface area contributed by atoms with E-state index in [1.165, 1.54) is 11.3 Å². The van der Waals surface area contributed by atoms with E-state index in [9.17, 15) is 9.59 Å². The van der Waals surface area contributed by atoms with Crippen molar-refractivity contribution in [3.05, 3.63) is 81.0 Å². The Morgan fingerprint density at radius 2 is 1.52 bits per heavy atom. The van der Waals surface area contributed by atoms with Crippen molar-refractivity contribution in [2.75, 3.05) is 7.05 Å². The lowest BCUT2D eigenvalue weighted by atomic mass is 10.2. The predicted molar refractivity (Wildman–Crippen MR) is 107 cm³/mol. The number of nitrogens with zero attached hydrogens (tertiary/aromatic N) is 1. The van der Waals surface area contributed by atoms with Gasteiger partial charge in [0.05, 0.1) is 10.9 Å². The second-order valence-corrected chi connectivity index (χ2v) is 7.68. The number of carbonyl (C=O) groups is 2. The van der Waals surface area contributed by atoms with Gasteiger partial charge in [0.2, 0.25) is 5.91 Å². The summed E-state index contributed by atoms with van der Waals surface area (Å²) in [7, 11) is 1.75. The van der Waals surface area contributed by atoms with Crippen LogP contribution in [0.15, 0.2) is 60.7 Å². The number of ether oxygens (including phenoxy) is 1. The van der Waals surface area contributed by atoms with Gasteiger partial charge in [-0.3, -0.25) is 9.59 Å². The number of carbonyl (C=O) groups excluding carboxylic acids is 2. The Hall–Kier alpha value is -2.83. The quantitative estimate of drug-likeness (QED) is 0.658. The summed E-state index contributed by atoms with van der Waals surface area (Å²) in [6, 6.07) is 17.1. The third-order valence-corrected chi connectivity index (χ3v) is 5.06. The molecule has 3 rings (SSSR count). The third kappa shape index (κ3) is 4.87. The van der Waals surface area contributed by atoms with Crippen LogP contribution >= 0.6 is 22.9 Å². The van der Waals surface area contributed by atoms with E-state index < -0.39 is 5.91 Å². The predicted octanol–water partition coefficient (Wildman–Crippen LogP) is 4.56. The highest BCUT2D eigenvalue weighted by molar-refractivity contribution is 7.16. The summed E-state index contributed by atoms with van der Waals surface area (Å²) in [5.41, 5.74) is 6.20. The van der Waals surface area contributed by atoms with Crippen molar-refractivity contribution in [3.8, 4) is 11.5 Å². The molecule has 0 saturated heterocycles. The van der Waals surface area contributed by atoms with E-state index in [0.717, 1.165) is 4.88 Å². The molecule has 2 amide bonds. The molecule has 27 heavy (non-hydrogen) atoms. The van der Waals surface area contributed by atoms with Crippen LogP contribution < -0.4 is 10.5 Å². The van der Waals surface area contributed by atoms with E-state index in [0.29, 0.717) is 33.5 Å². The highest BCUT2D eigenvalue weighted by atomic mass is 35.5. The first-order chi connectivity index (χ1) is 12.9. The fourth-order valence-corrected chi connectivity index (χ4v) is 3.59. The van der Waals surface area contributed by atoms with Crippen LogP contribution in [0, 0.1) is 0 Å². The fourth-order valence-electron chi connectivity index (χ4n) is 2.45. The Morgan fingerprint density at radius 1 is 0.963 bits per heavy atom. The number of halogens is 1. The number of hydrogen-bond donors (Lipinski definition) is 1. The zero-order valence-electron chi connectivity index (χ0n) is 14.5. The minimum atomic E-state index is -0.488. The topological polar surface area (TPSA) is 72.6 Å². The molecular formula is C20H17ClN2O3S. The van der Waals surface area contributed by atoms with Gasteiger partial charge in [-0.05, 0) is 60.7 Å². The van der Waals surface area contributed by atoms with Crippen LogP contribution in [0.5, 0.6) is 11.5 Å². The van der Waals surface area contributed by atoms with Crippen molar-refractivity contribution in [3.63, 3.8) is 0 Å². The molecule has 5 nitrogen and oxygen atoms in total. The molecule has 1 heterocycles. The summed E-state index contributed by atoms with van der Waals surface area (Å²) in [6.45, 7) is 0.501. The highest BCUT2D eigenvalue weighted by Crippen LogP contribution is 2.24. The summed E-state index contributed by atoms with van der Waals surface area (Å²) in [5, 5.41) is 0. The van der Waals surface area contributed by atoms with Crippen LogP contribution in [0.2, 0.25) is 4.34 Å². The molecule has 0 aliphatic heterocycles. The average Bonchev–Trinajstić information content (AvgIpc) is 3.07. The van der Waals surface area contributed by atoms with Gasteiger partial charge < -0.3 is 15.4 Å². The van der Waals surface area contributed by atoms with Crippen molar-refractivity contribution in [1.82, 2.24) is 4.90 Å². The second kappa shape index (κ2) is 8.24. The van der Waals surface area contributed by atoms with Crippen molar-refractivity contribution in [2.24, 2.45) is 5.73 Å². The summed E-state index contributed by atoms with van der Waals surface area (Å²) in [6.07, 6.45) is 0. The van der Waals surface area contributed by atoms with Crippen molar-refractivity contribution in [2.45, 2.75) is 6.54 Å². The molecule has 0 aliphatic rings. The van der Waals surface area contributed by atoms with E-state index in [1.807, 2.05) is 12.1 Å². The van der Waals surface area contributed by atoms with Crippen LogP contribution in [0.25, 0.3) is 0 Å². The smallest absolute Gasteiger partial charge is 0.253 e. The Morgan fingerprint density at radius 3 is 2.00 bits per heavy atom. The van der Waals surface area contributed by atoms with E-state index in [-0.39, 0.29) is 5.91 Å². The molecule has 7 heteroatoms. The van der Waals surface area contributed by atoms with Gasteiger partial charge in [-0.15, -0.1) is 11.3 Å². The number of hydrogen-bond acceptors (Lipinski definition) is 4. The lowest BCUT2D eigenvalue weighted by Crippen LogP contribution is -2.25. The zero-order valence-corrected chi connectivity index (χ0v) is 16.1. The van der Waals surface area contributed by atoms with Gasteiger partial charge in [0.15, 0.2) is 0 Å². The maximum atomic E-state index is 12.5. The van der Waals surface area contributed by atoms with Gasteiger partial charge in [0.25, 0.3) is 5.91 Å². The molecule has 0 aliphatic carbocycles. The molecule has 0 unspecified atom stereocenters. The molecule has 0 saturated carbocycles. The number of amides is 2. The molecule has 1 aromatic heterocycles. The van der Waals surface area contributed by atoms with Gasteiger partial charge in [0.1, 0.15) is 11.5 Å². The monoisotopic (exact) mass is 400 g/mol. The standard InChI is InChI=1S/C20H17ClN2O3S/c1-23(12-17-10-11-18(21)27-17)20(25)14-4-8-16(9-5-14)26-15-6-2-13(3-7-15)19(22)24/h2-11H,12H2,1H3,(H2,22,24). The Balaban J connectivity index is 1.63. The molecule has 2 N–H and O–H groups in total. The zero-order chi connectivity index (χ0) is 19.4. The van der Waals surface area contributed by atoms with Gasteiger partial charge in [-0.2, -0.15) is 0 Å². The number of thiophene rings is 1. The summed E-state index contributed by atoms with van der Waals surface area (Å²) >= 11 is 7.38. The van der Waals surface area contributed by atoms with Gasteiger partial charge in [0, 0.05) is 23.1 Å². The number of benzene rings is 2. The summed E-state index contributed by atoms with van der Waals surface area (Å²) in [4.78, 5) is 26.3. The van der Waals surface area contributed by atoms with Gasteiger partial charge in [-0.25, -0.2) is 0 Å². The van der Waals surface area contributed by atoms with Gasteiger partial charge >= 0.3 is 0 Å². The number of nitrogens with two attached hydrogens (primary N) is 1. The number of primary amides is 1. The van der Waals surface area contributed by atoms with E-state index in [2.05, 4.69) is 0 Å². The average molecular weight is 401 g/mol. The maximum absolute atomic E-state index is 12.5. The Kier molecular flexibility index (Phi) is 5.78. The minimum absolute atomic E-state index is 0.0862. The van der Waals surface area contributed by atoms with Gasteiger partial charge in [-0.1, -0.05) is 11.6 Å². The SMILES string of the molecule is CN(Cc1ccc(Cl)s1)C(=O)c1ccc(Oc2ccc(C(N)=O)cc2)cc1. The van der Waals surface area contributed by atoms with Crippen LogP contribution in [-0.4, -0.2) is 23.8 Å². The van der Waals surface area contributed by atoms with E-state index in [1.54, 1.807) is 60.5 Å². The highest BCUT2D eigenvalue weighted by Gasteiger charge is 2.13. The second-order valence-electron chi connectivity index (χ2n) is 5.88. The van der Waals surface area contributed by atoms with E-state index >= 15 is 0 Å². The maximum Gasteiger partial charge on any atom is 0.253 e. The summed E-state index contributed by atoms with van der Waals surface area (Å²) in [5.74, 6) is 0.590. The molecule has 0 fully saturated rings. The molecular weight excluding hydrogens is 384 g/mol. The first-order valence-electron chi connectivity index (χ1n) is 8.10. The first-order valence-corrected chi connectivity index (χ1v) is 9.29. The minimum Gasteiger partial charge on any atom is -0.457 e. The lowest BCUT2D eigenvalue weighted by Gasteiger charge is -2.16. The number of rotatable bonds is 6. The fraction of sp³-hybridized carbons (Fsp3) is 0.100. The Bertz CT molecular complexity index is 952. The van der Waals surface area contributed by atoms with Crippen LogP contribution in [-0.2, 0) is 6.54 Å². The molecule has 3 aromatic rings. The third-order valence-electron chi connectivity index (χ3n) is 3.84. The Labute approximate surface area is 165 Å². The molecule has 0 atom stereocenters. The molecule has 2 aromatic carbocycles. The van der Waals surface area contributed by atoms with Crippen molar-refractivity contribution < 1.29 is 14.3 Å². The van der Waals surface area contributed by atoms with Crippen LogP contribution in [0.1, 0.15) is 25.6 Å². The molecule has 0 radical (unpaired) electrons. The first kappa shape index (κ1) is 18.9. The van der Waals surface area contributed by atoms with Crippen LogP contribution in [0.4, 0.5) is 0 Å². The van der Waals surface area contributed by atoms with Crippen molar-refractivity contribution in [1.29, 1.82) is 0 Å². The largest absolute Gasteiger partial charge is 0.457 e. The normalized spacial score (nSPS) is 10.4. The molecule has 138 valence electrons. The molecule has 0 spiro atoms. The summed E-state index contributed by atoms with van der Waals surface area (Å²) < 4.78 is 6.42. The van der Waals surface area contributed by atoms with E-state index in [4.69, 9.17) is 22.1 Å². The lowest BCUT2D eigenvalue weighted by molar-refractivity contribution is 0.0786. The van der Waals surface area contributed by atoms with Crippen LogP contribution in [0.3, 0.4) is 0 Å². The molecule has 0 bridgehead atoms.